The summed E-state index contributed by atoms with van der Waals surface area (Å²) >= 11 is 7.94. The zero-order chi connectivity index (χ0) is 41.7. The summed E-state index contributed by atoms with van der Waals surface area (Å²) in [5, 5.41) is 8.00. The van der Waals surface area contributed by atoms with Crippen molar-refractivity contribution in [2.45, 2.75) is 35.7 Å². The van der Waals surface area contributed by atoms with Crippen LogP contribution in [-0.4, -0.2) is 108 Å². The van der Waals surface area contributed by atoms with Gasteiger partial charge in [0, 0.05) is 97.6 Å². The third kappa shape index (κ3) is 12.3. The van der Waals surface area contributed by atoms with Crippen molar-refractivity contribution in [2.24, 2.45) is 0 Å². The Morgan fingerprint density at radius 1 is 0.800 bits per heavy atom. The number of morpholine rings is 1. The maximum atomic E-state index is 13.5. The lowest BCUT2D eigenvalue weighted by molar-refractivity contribution is 0.0384. The van der Waals surface area contributed by atoms with E-state index >= 15 is 0 Å². The Morgan fingerprint density at radius 3 is 2.25 bits per heavy atom. The predicted octanol–water partition coefficient (Wildman–Crippen LogP) is 7.64. The Kier molecular flexibility index (Phi) is 15.6. The highest BCUT2D eigenvalue weighted by Gasteiger charge is 2.22. The number of hydrogen-bond donors (Lipinski definition) is 3. The van der Waals surface area contributed by atoms with E-state index in [4.69, 9.17) is 16.3 Å². The first-order valence-electron chi connectivity index (χ1n) is 20.7. The van der Waals surface area contributed by atoms with Gasteiger partial charge < -0.3 is 20.3 Å². The van der Waals surface area contributed by atoms with E-state index in [1.807, 2.05) is 49.4 Å². The fourth-order valence-electron chi connectivity index (χ4n) is 7.60. The Balaban J connectivity index is 0.906. The number of aryl methyl sites for hydroxylation is 1. The molecule has 0 radical (unpaired) electrons. The number of benzene rings is 5. The van der Waals surface area contributed by atoms with E-state index < -0.39 is 15.9 Å². The third-order valence-electron chi connectivity index (χ3n) is 11.1. The summed E-state index contributed by atoms with van der Waals surface area (Å²) in [5.74, 6) is 0.185. The number of ether oxygens (including phenoxy) is 1. The van der Waals surface area contributed by atoms with Gasteiger partial charge in [-0.3, -0.25) is 14.6 Å². The lowest BCUT2D eigenvalue weighted by Gasteiger charge is -2.36. The van der Waals surface area contributed by atoms with Gasteiger partial charge in [0.15, 0.2) is 0 Å². The van der Waals surface area contributed by atoms with Gasteiger partial charge in [-0.15, -0.1) is 11.8 Å². The van der Waals surface area contributed by atoms with E-state index in [1.165, 1.54) is 16.0 Å². The number of carbonyl (C=O) groups is 1. The van der Waals surface area contributed by atoms with E-state index in [0.717, 1.165) is 118 Å². The van der Waals surface area contributed by atoms with E-state index in [9.17, 15) is 13.2 Å². The molecule has 7 rings (SSSR count). The van der Waals surface area contributed by atoms with Crippen LogP contribution in [0.2, 0.25) is 5.02 Å². The number of rotatable bonds is 18. The molecule has 10 nitrogen and oxygen atoms in total. The topological polar surface area (TPSA) is 106 Å². The normalized spacial score (nSPS) is 15.7. The van der Waals surface area contributed by atoms with Crippen molar-refractivity contribution in [1.29, 1.82) is 0 Å². The first-order valence-corrected chi connectivity index (χ1v) is 23.6. The van der Waals surface area contributed by atoms with Crippen LogP contribution in [0.15, 0.2) is 131 Å². The van der Waals surface area contributed by atoms with E-state index in [1.54, 1.807) is 42.1 Å². The minimum Gasteiger partial charge on any atom is -0.381 e. The zero-order valence-electron chi connectivity index (χ0n) is 34.2. The van der Waals surface area contributed by atoms with Crippen molar-refractivity contribution in [3.8, 4) is 11.1 Å². The fraction of sp³-hybridized carbons (Fsp3) is 0.340. The molecule has 13 heteroatoms. The van der Waals surface area contributed by atoms with Crippen LogP contribution in [0.5, 0.6) is 0 Å². The van der Waals surface area contributed by atoms with Crippen LogP contribution in [0.25, 0.3) is 11.1 Å². The molecule has 60 heavy (non-hydrogen) atoms. The van der Waals surface area contributed by atoms with Gasteiger partial charge in [0.1, 0.15) is 0 Å². The molecule has 0 bridgehead atoms. The SMILES string of the molecule is Cc1cc(S(=O)(=O)NC(=O)c2ccc(N3CCN(Cc4ccccc4-c4ccc(Cl)cc4)CC3)cc2)ccc1N[C@H](CCNCCN1CCOCC1)CSc1ccccc1. The standard InChI is InChI=1S/C47H55ClN6O4S2/c1-36-33-44(19-20-46(36)50-41(35-59-43-8-3-2-4-9-43)21-22-49-23-24-52-29-31-58-32-30-52)60(56,57)51-47(55)38-13-17-42(18-14-38)54-27-25-53(26-28-54)34-39-7-5-6-10-45(39)37-11-15-40(48)16-12-37/h2-20,33,41,49-50H,21-32,34-35H2,1H3,(H,51,55)/t41-/m1/s1. The van der Waals surface area contributed by atoms with Gasteiger partial charge in [-0.25, -0.2) is 13.1 Å². The molecule has 0 saturated carbocycles. The molecule has 316 valence electrons. The molecular weight excluding hydrogens is 812 g/mol. The maximum Gasteiger partial charge on any atom is 0.264 e. The number of hydrogen-bond acceptors (Lipinski definition) is 10. The van der Waals surface area contributed by atoms with E-state index in [-0.39, 0.29) is 16.5 Å². The van der Waals surface area contributed by atoms with Gasteiger partial charge in [0.2, 0.25) is 0 Å². The van der Waals surface area contributed by atoms with Gasteiger partial charge in [-0.05, 0) is 109 Å². The van der Waals surface area contributed by atoms with Crippen molar-refractivity contribution in [3.05, 3.63) is 143 Å². The molecular formula is C47H55ClN6O4S2. The Morgan fingerprint density at radius 2 is 1.52 bits per heavy atom. The highest BCUT2D eigenvalue weighted by molar-refractivity contribution is 7.99. The maximum absolute atomic E-state index is 13.5. The Hall–Kier alpha value is -4.40. The Bertz CT molecular complexity index is 2250. The molecule has 0 aliphatic carbocycles. The Labute approximate surface area is 364 Å². The molecule has 3 N–H and O–H groups in total. The average Bonchev–Trinajstić information content (AvgIpc) is 3.27. The lowest BCUT2D eigenvalue weighted by atomic mass is 9.99. The second-order valence-corrected chi connectivity index (χ2v) is 18.6. The minimum atomic E-state index is -4.11. The minimum absolute atomic E-state index is 0.0455. The molecule has 0 aromatic heterocycles. The second kappa shape index (κ2) is 21.4. The van der Waals surface area contributed by atoms with Crippen molar-refractivity contribution < 1.29 is 17.9 Å². The number of sulfonamides is 1. The summed E-state index contributed by atoms with van der Waals surface area (Å²) in [6, 6.07) is 39.1. The number of carbonyl (C=O) groups excluding carboxylic acids is 1. The molecule has 2 aliphatic heterocycles. The molecule has 5 aromatic carbocycles. The monoisotopic (exact) mass is 866 g/mol. The summed E-state index contributed by atoms with van der Waals surface area (Å²) in [6.07, 6.45) is 0.897. The van der Waals surface area contributed by atoms with Crippen molar-refractivity contribution in [2.75, 3.05) is 88.1 Å². The summed E-state index contributed by atoms with van der Waals surface area (Å²) < 4.78 is 34.7. The molecule has 0 unspecified atom stereocenters. The van der Waals surface area contributed by atoms with E-state index in [2.05, 4.69) is 78.6 Å². The van der Waals surface area contributed by atoms with E-state index in [0.29, 0.717) is 0 Å². The van der Waals surface area contributed by atoms with Gasteiger partial charge in [0.25, 0.3) is 15.9 Å². The molecule has 5 aromatic rings. The number of nitrogens with one attached hydrogen (secondary N) is 3. The van der Waals surface area contributed by atoms with Crippen molar-refractivity contribution in [3.63, 3.8) is 0 Å². The molecule has 2 heterocycles. The molecule has 2 aliphatic rings. The quantitative estimate of drug-likeness (QED) is 0.0602. The summed E-state index contributed by atoms with van der Waals surface area (Å²) in [6.45, 7) is 12.5. The van der Waals surface area contributed by atoms with Crippen LogP contribution in [0.3, 0.4) is 0 Å². The number of amides is 1. The van der Waals surface area contributed by atoms with Gasteiger partial charge >= 0.3 is 0 Å². The summed E-state index contributed by atoms with van der Waals surface area (Å²) in [7, 11) is -4.11. The molecule has 1 atom stereocenters. The van der Waals surface area contributed by atoms with Gasteiger partial charge in [-0.2, -0.15) is 0 Å². The lowest BCUT2D eigenvalue weighted by Crippen LogP contribution is -2.46. The highest BCUT2D eigenvalue weighted by atomic mass is 35.5. The molecule has 1 amide bonds. The highest BCUT2D eigenvalue weighted by Crippen LogP contribution is 2.28. The average molecular weight is 868 g/mol. The number of anilines is 2. The predicted molar refractivity (Wildman–Crippen MR) is 246 cm³/mol. The molecule has 2 saturated heterocycles. The zero-order valence-corrected chi connectivity index (χ0v) is 36.6. The molecule has 2 fully saturated rings. The van der Waals surface area contributed by atoms with Crippen LogP contribution in [0, 0.1) is 6.92 Å². The summed E-state index contributed by atoms with van der Waals surface area (Å²) in [5.41, 5.74) is 6.58. The number of thioether (sulfide) groups is 1. The van der Waals surface area contributed by atoms with Gasteiger partial charge in [-0.1, -0.05) is 66.2 Å². The van der Waals surface area contributed by atoms with Gasteiger partial charge in [0.05, 0.1) is 18.1 Å². The largest absolute Gasteiger partial charge is 0.381 e. The first kappa shape index (κ1) is 43.7. The molecule has 0 spiro atoms. The van der Waals surface area contributed by atoms with Crippen molar-refractivity contribution >= 4 is 50.7 Å². The van der Waals surface area contributed by atoms with Crippen LogP contribution in [0.4, 0.5) is 11.4 Å². The fourth-order valence-corrected chi connectivity index (χ4v) is 9.78. The number of nitrogens with zero attached hydrogens (tertiary/aromatic N) is 3. The van der Waals surface area contributed by atoms with Crippen molar-refractivity contribution in [1.82, 2.24) is 19.8 Å². The second-order valence-electron chi connectivity index (χ2n) is 15.3. The van der Waals surface area contributed by atoms with Crippen LogP contribution >= 0.6 is 23.4 Å². The van der Waals surface area contributed by atoms with Crippen LogP contribution < -0.4 is 20.3 Å². The van der Waals surface area contributed by atoms with Crippen LogP contribution in [0.1, 0.15) is 27.9 Å². The third-order valence-corrected chi connectivity index (χ3v) is 13.9. The number of halogens is 1. The number of piperazine rings is 1. The smallest absolute Gasteiger partial charge is 0.264 e. The summed E-state index contributed by atoms with van der Waals surface area (Å²) in [4.78, 5) is 21.7. The first-order chi connectivity index (χ1) is 29.2. The van der Waals surface area contributed by atoms with Crippen LogP contribution in [-0.2, 0) is 21.3 Å².